The van der Waals surface area contributed by atoms with E-state index in [-0.39, 0.29) is 6.42 Å². The van der Waals surface area contributed by atoms with Crippen LogP contribution in [-0.4, -0.2) is 17.7 Å². The van der Waals surface area contributed by atoms with Gasteiger partial charge in [0.2, 0.25) is 0 Å². The first kappa shape index (κ1) is 17.8. The number of benzene rings is 1. The average molecular weight is 348 g/mol. The predicted molar refractivity (Wildman–Crippen MR) is 94.5 cm³/mol. The standard InChI is InChI=1S/C20H23F3N2/c1-3-14-12-24-13-19-17(14)6-5-11-25(19)16-9-7-15(8-10-16)18(4-2)20(21,22)23/h7-10,12-13,18H,3-6,11H2,1-2H3/t18-/m0/s1. The lowest BCUT2D eigenvalue weighted by Crippen LogP contribution is -2.25. The van der Waals surface area contributed by atoms with E-state index < -0.39 is 12.1 Å². The van der Waals surface area contributed by atoms with Crippen LogP contribution in [0.1, 0.15) is 49.3 Å². The summed E-state index contributed by atoms with van der Waals surface area (Å²) in [7, 11) is 0. The second kappa shape index (κ2) is 7.06. The second-order valence-corrected chi connectivity index (χ2v) is 6.50. The van der Waals surface area contributed by atoms with Crippen LogP contribution >= 0.6 is 0 Å². The normalized spacial score (nSPS) is 15.8. The Bertz CT molecular complexity index is 723. The molecular formula is C20H23F3N2. The van der Waals surface area contributed by atoms with Crippen LogP contribution in [0.4, 0.5) is 24.5 Å². The van der Waals surface area contributed by atoms with Crippen LogP contribution < -0.4 is 4.90 Å². The molecule has 134 valence electrons. The molecular weight excluding hydrogens is 325 g/mol. The van der Waals surface area contributed by atoms with Gasteiger partial charge < -0.3 is 4.90 Å². The molecule has 1 atom stereocenters. The Kier molecular flexibility index (Phi) is 5.02. The van der Waals surface area contributed by atoms with Crippen LogP contribution in [0.2, 0.25) is 0 Å². The number of fused-ring (bicyclic) bond motifs is 1. The van der Waals surface area contributed by atoms with Gasteiger partial charge in [-0.1, -0.05) is 26.0 Å². The fourth-order valence-electron chi connectivity index (χ4n) is 3.69. The molecule has 2 aromatic rings. The fraction of sp³-hybridized carbons (Fsp3) is 0.450. The lowest BCUT2D eigenvalue weighted by molar-refractivity contribution is -0.151. The fourth-order valence-corrected chi connectivity index (χ4v) is 3.69. The van der Waals surface area contributed by atoms with Crippen molar-refractivity contribution in [3.63, 3.8) is 0 Å². The molecule has 0 aliphatic carbocycles. The molecule has 0 saturated carbocycles. The first-order chi connectivity index (χ1) is 12.0. The molecule has 0 saturated heterocycles. The minimum absolute atomic E-state index is 0.0547. The molecule has 0 radical (unpaired) electrons. The topological polar surface area (TPSA) is 16.1 Å². The monoisotopic (exact) mass is 348 g/mol. The van der Waals surface area contributed by atoms with Crippen LogP contribution in [0.25, 0.3) is 0 Å². The Morgan fingerprint density at radius 3 is 2.44 bits per heavy atom. The zero-order chi connectivity index (χ0) is 18.0. The molecule has 1 aliphatic rings. The van der Waals surface area contributed by atoms with E-state index in [1.807, 2.05) is 12.4 Å². The summed E-state index contributed by atoms with van der Waals surface area (Å²) >= 11 is 0. The highest BCUT2D eigenvalue weighted by molar-refractivity contribution is 5.68. The molecule has 2 nitrogen and oxygen atoms in total. The van der Waals surface area contributed by atoms with Crippen LogP contribution in [0, 0.1) is 0 Å². The third-order valence-electron chi connectivity index (χ3n) is 5.01. The maximum atomic E-state index is 13.1. The Hall–Kier alpha value is -2.04. The minimum Gasteiger partial charge on any atom is -0.340 e. The summed E-state index contributed by atoms with van der Waals surface area (Å²) in [5.41, 5.74) is 4.91. The molecule has 0 N–H and O–H groups in total. The van der Waals surface area contributed by atoms with Gasteiger partial charge in [-0.3, -0.25) is 4.98 Å². The van der Waals surface area contributed by atoms with Crippen LogP contribution in [0.3, 0.4) is 0 Å². The summed E-state index contributed by atoms with van der Waals surface area (Å²) in [5, 5.41) is 0. The number of halogens is 3. The molecule has 0 spiro atoms. The summed E-state index contributed by atoms with van der Waals surface area (Å²) in [6.45, 7) is 4.55. The van der Waals surface area contributed by atoms with E-state index in [4.69, 9.17) is 0 Å². The van der Waals surface area contributed by atoms with Crippen LogP contribution in [0.5, 0.6) is 0 Å². The Labute approximate surface area is 146 Å². The summed E-state index contributed by atoms with van der Waals surface area (Å²) in [4.78, 5) is 6.52. The largest absolute Gasteiger partial charge is 0.395 e. The molecule has 0 unspecified atom stereocenters. The molecule has 5 heteroatoms. The lowest BCUT2D eigenvalue weighted by atomic mass is 9.94. The molecule has 0 fully saturated rings. The van der Waals surface area contributed by atoms with E-state index in [1.165, 1.54) is 11.1 Å². The number of hydrogen-bond donors (Lipinski definition) is 0. The van der Waals surface area contributed by atoms with Crippen LogP contribution in [0.15, 0.2) is 36.7 Å². The van der Waals surface area contributed by atoms with E-state index >= 15 is 0 Å². The van der Waals surface area contributed by atoms with Gasteiger partial charge in [0.15, 0.2) is 0 Å². The SMILES string of the molecule is CCc1cncc2c1CCCN2c1ccc([C@H](CC)C(F)(F)F)cc1. The lowest BCUT2D eigenvalue weighted by Gasteiger charge is -2.32. The van der Waals surface area contributed by atoms with Crippen molar-refractivity contribution in [3.05, 3.63) is 53.3 Å². The maximum absolute atomic E-state index is 13.1. The highest BCUT2D eigenvalue weighted by Crippen LogP contribution is 2.39. The molecule has 0 bridgehead atoms. The number of nitrogens with zero attached hydrogens (tertiary/aromatic N) is 2. The average Bonchev–Trinajstić information content (AvgIpc) is 2.60. The summed E-state index contributed by atoms with van der Waals surface area (Å²) < 4.78 is 39.4. The first-order valence-corrected chi connectivity index (χ1v) is 8.85. The van der Waals surface area contributed by atoms with Crippen molar-refractivity contribution in [1.82, 2.24) is 4.98 Å². The molecule has 1 aromatic heterocycles. The van der Waals surface area contributed by atoms with E-state index in [0.717, 1.165) is 37.2 Å². The van der Waals surface area contributed by atoms with Crippen LogP contribution in [-0.2, 0) is 12.8 Å². The summed E-state index contributed by atoms with van der Waals surface area (Å²) in [6.07, 6.45) is 2.64. The Balaban J connectivity index is 1.92. The van der Waals surface area contributed by atoms with Crippen molar-refractivity contribution in [3.8, 4) is 0 Å². The summed E-state index contributed by atoms with van der Waals surface area (Å²) in [5.74, 6) is -1.40. The molecule has 0 amide bonds. The molecule has 1 aliphatic heterocycles. The van der Waals surface area contributed by atoms with Gasteiger partial charge >= 0.3 is 6.18 Å². The number of hydrogen-bond acceptors (Lipinski definition) is 2. The predicted octanol–water partition coefficient (Wildman–Crippen LogP) is 5.78. The number of alkyl halides is 3. The number of aromatic nitrogens is 1. The third-order valence-corrected chi connectivity index (χ3v) is 5.01. The molecule has 3 rings (SSSR count). The van der Waals surface area contributed by atoms with E-state index in [1.54, 1.807) is 31.2 Å². The summed E-state index contributed by atoms with van der Waals surface area (Å²) in [6, 6.07) is 6.83. The van der Waals surface area contributed by atoms with Crippen molar-refractivity contribution in [2.75, 3.05) is 11.4 Å². The van der Waals surface area contributed by atoms with Crippen molar-refractivity contribution >= 4 is 11.4 Å². The number of pyridine rings is 1. The van der Waals surface area contributed by atoms with Gasteiger partial charge in [-0.2, -0.15) is 13.2 Å². The van der Waals surface area contributed by atoms with Gasteiger partial charge in [-0.05, 0) is 54.5 Å². The van der Waals surface area contributed by atoms with Crippen molar-refractivity contribution in [2.45, 2.75) is 51.6 Å². The van der Waals surface area contributed by atoms with Gasteiger partial charge in [0.05, 0.1) is 17.8 Å². The third kappa shape index (κ3) is 3.51. The number of rotatable bonds is 4. The smallest absolute Gasteiger partial charge is 0.340 e. The minimum atomic E-state index is -4.20. The number of aryl methyl sites for hydroxylation is 1. The van der Waals surface area contributed by atoms with Crippen molar-refractivity contribution in [1.29, 1.82) is 0 Å². The first-order valence-electron chi connectivity index (χ1n) is 8.85. The van der Waals surface area contributed by atoms with Gasteiger partial charge in [0.1, 0.15) is 0 Å². The molecule has 2 heterocycles. The zero-order valence-corrected chi connectivity index (χ0v) is 14.6. The van der Waals surface area contributed by atoms with Crippen molar-refractivity contribution in [2.24, 2.45) is 0 Å². The van der Waals surface area contributed by atoms with Gasteiger partial charge in [0.25, 0.3) is 0 Å². The van der Waals surface area contributed by atoms with E-state index in [2.05, 4.69) is 16.8 Å². The quantitative estimate of drug-likeness (QED) is 0.696. The van der Waals surface area contributed by atoms with E-state index in [9.17, 15) is 13.2 Å². The van der Waals surface area contributed by atoms with Gasteiger partial charge in [-0.15, -0.1) is 0 Å². The molecule has 1 aromatic carbocycles. The Morgan fingerprint density at radius 2 is 1.84 bits per heavy atom. The van der Waals surface area contributed by atoms with Gasteiger partial charge in [-0.25, -0.2) is 0 Å². The highest BCUT2D eigenvalue weighted by Gasteiger charge is 2.39. The molecule has 25 heavy (non-hydrogen) atoms. The number of anilines is 2. The zero-order valence-electron chi connectivity index (χ0n) is 14.6. The Morgan fingerprint density at radius 1 is 1.12 bits per heavy atom. The highest BCUT2D eigenvalue weighted by atomic mass is 19.4. The van der Waals surface area contributed by atoms with Gasteiger partial charge in [0, 0.05) is 18.4 Å². The van der Waals surface area contributed by atoms with E-state index in [0.29, 0.717) is 5.56 Å². The maximum Gasteiger partial charge on any atom is 0.395 e. The second-order valence-electron chi connectivity index (χ2n) is 6.50. The van der Waals surface area contributed by atoms with Crippen molar-refractivity contribution < 1.29 is 13.2 Å².